The average molecular weight is 464 g/mol. The van der Waals surface area contributed by atoms with Gasteiger partial charge in [0.25, 0.3) is 10.0 Å². The molecule has 0 saturated carbocycles. The maximum absolute atomic E-state index is 12.8. The van der Waals surface area contributed by atoms with Gasteiger partial charge in [-0.1, -0.05) is 0 Å². The zero-order valence-corrected chi connectivity index (χ0v) is 19.5. The molecule has 2 aromatic heterocycles. The minimum absolute atomic E-state index is 0.438. The van der Waals surface area contributed by atoms with Gasteiger partial charge in [-0.3, -0.25) is 4.90 Å². The molecule has 1 aromatic carbocycles. The quantitative estimate of drug-likeness (QED) is 0.528. The van der Waals surface area contributed by atoms with Crippen molar-refractivity contribution >= 4 is 32.7 Å². The molecule has 1 fully saturated rings. The van der Waals surface area contributed by atoms with Crippen molar-refractivity contribution in [3.8, 4) is 16.3 Å². The molecule has 4 rings (SSSR count). The molecule has 0 aliphatic carbocycles. The number of nitrogens with zero attached hydrogens (tertiary/aromatic N) is 3. The summed E-state index contributed by atoms with van der Waals surface area (Å²) in [6.07, 6.45) is 0. The van der Waals surface area contributed by atoms with Crippen LogP contribution in [-0.4, -0.2) is 55.4 Å². The van der Waals surface area contributed by atoms with Crippen molar-refractivity contribution < 1.29 is 13.2 Å². The number of thiazole rings is 1. The highest BCUT2D eigenvalue weighted by atomic mass is 32.2. The molecule has 6 nitrogen and oxygen atoms in total. The van der Waals surface area contributed by atoms with E-state index < -0.39 is 10.0 Å². The van der Waals surface area contributed by atoms with Gasteiger partial charge < -0.3 is 4.74 Å². The molecule has 0 spiro atoms. The maximum Gasteiger partial charge on any atom is 0.252 e. The van der Waals surface area contributed by atoms with Crippen molar-refractivity contribution in [1.29, 1.82) is 0 Å². The van der Waals surface area contributed by atoms with Crippen LogP contribution in [0.4, 0.5) is 0 Å². The molecule has 0 unspecified atom stereocenters. The molecular weight excluding hydrogens is 438 g/mol. The van der Waals surface area contributed by atoms with Gasteiger partial charge in [0.2, 0.25) is 0 Å². The number of thiophene rings is 1. The zero-order chi connectivity index (χ0) is 21.1. The Labute approximate surface area is 185 Å². The molecule has 0 N–H and O–H groups in total. The molecule has 1 aliphatic rings. The van der Waals surface area contributed by atoms with Gasteiger partial charge in [-0.15, -0.1) is 22.7 Å². The lowest BCUT2D eigenvalue weighted by Gasteiger charge is -2.33. The van der Waals surface area contributed by atoms with E-state index in [1.807, 2.05) is 44.2 Å². The third kappa shape index (κ3) is 4.76. The second-order valence-corrected chi connectivity index (χ2v) is 11.5. The SMILES string of the molecule is CCOc1ccc(-c2nc(CN3CCN(S(=O)(=O)c4ccc(C)s4)CC3)cs2)cc1. The molecule has 1 saturated heterocycles. The van der Waals surface area contributed by atoms with Gasteiger partial charge in [-0.2, -0.15) is 4.31 Å². The Kier molecular flexibility index (Phi) is 6.54. The van der Waals surface area contributed by atoms with Crippen LogP contribution in [-0.2, 0) is 16.6 Å². The van der Waals surface area contributed by atoms with Crippen LogP contribution >= 0.6 is 22.7 Å². The number of piperazine rings is 1. The largest absolute Gasteiger partial charge is 0.494 e. The van der Waals surface area contributed by atoms with Crippen molar-refractivity contribution in [2.24, 2.45) is 0 Å². The number of hydrogen-bond donors (Lipinski definition) is 0. The first-order valence-corrected chi connectivity index (χ1v) is 13.1. The van der Waals surface area contributed by atoms with Gasteiger partial charge in [0.05, 0.1) is 12.3 Å². The van der Waals surface area contributed by atoms with Gasteiger partial charge in [0.15, 0.2) is 0 Å². The first kappa shape index (κ1) is 21.5. The number of aromatic nitrogens is 1. The second-order valence-electron chi connectivity index (χ2n) is 7.15. The Bertz CT molecular complexity index is 1080. The van der Waals surface area contributed by atoms with E-state index in [9.17, 15) is 8.42 Å². The Hall–Kier alpha value is -1.78. The van der Waals surface area contributed by atoms with E-state index >= 15 is 0 Å². The molecule has 3 aromatic rings. The van der Waals surface area contributed by atoms with Gasteiger partial charge >= 0.3 is 0 Å². The molecule has 30 heavy (non-hydrogen) atoms. The Morgan fingerprint density at radius 3 is 2.43 bits per heavy atom. The fraction of sp³-hybridized carbons (Fsp3) is 0.381. The van der Waals surface area contributed by atoms with E-state index in [4.69, 9.17) is 9.72 Å². The Morgan fingerprint density at radius 2 is 1.80 bits per heavy atom. The van der Waals surface area contributed by atoms with Crippen molar-refractivity contribution in [2.45, 2.75) is 24.6 Å². The summed E-state index contributed by atoms with van der Waals surface area (Å²) >= 11 is 2.97. The van der Waals surface area contributed by atoms with Crippen LogP contribution in [0.15, 0.2) is 46.0 Å². The lowest BCUT2D eigenvalue weighted by atomic mass is 10.2. The number of ether oxygens (including phenoxy) is 1. The van der Waals surface area contributed by atoms with Crippen molar-refractivity contribution in [1.82, 2.24) is 14.2 Å². The predicted molar refractivity (Wildman–Crippen MR) is 122 cm³/mol. The summed E-state index contributed by atoms with van der Waals surface area (Å²) in [7, 11) is -3.38. The first-order chi connectivity index (χ1) is 14.5. The lowest BCUT2D eigenvalue weighted by Crippen LogP contribution is -2.48. The average Bonchev–Trinajstić information content (AvgIpc) is 3.39. The number of hydrogen-bond acceptors (Lipinski definition) is 7. The van der Waals surface area contributed by atoms with E-state index in [0.29, 0.717) is 37.0 Å². The molecule has 0 bridgehead atoms. The van der Waals surface area contributed by atoms with Gasteiger partial charge in [0.1, 0.15) is 15.0 Å². The summed E-state index contributed by atoms with van der Waals surface area (Å²) in [5, 5.41) is 3.07. The molecule has 3 heterocycles. The van der Waals surface area contributed by atoms with Crippen LogP contribution in [0.3, 0.4) is 0 Å². The van der Waals surface area contributed by atoms with Gasteiger partial charge in [-0.05, 0) is 50.2 Å². The summed E-state index contributed by atoms with van der Waals surface area (Å²) in [4.78, 5) is 8.05. The Morgan fingerprint density at radius 1 is 1.07 bits per heavy atom. The molecule has 0 atom stereocenters. The highest BCUT2D eigenvalue weighted by molar-refractivity contribution is 7.91. The normalized spacial score (nSPS) is 16.1. The highest BCUT2D eigenvalue weighted by Crippen LogP contribution is 2.28. The smallest absolute Gasteiger partial charge is 0.252 e. The topological polar surface area (TPSA) is 62.7 Å². The number of aryl methyl sites for hydroxylation is 1. The monoisotopic (exact) mass is 463 g/mol. The van der Waals surface area contributed by atoms with Crippen LogP contribution in [0.5, 0.6) is 5.75 Å². The minimum Gasteiger partial charge on any atom is -0.494 e. The number of sulfonamides is 1. The third-order valence-electron chi connectivity index (χ3n) is 4.99. The van der Waals surface area contributed by atoms with E-state index in [0.717, 1.165) is 33.4 Å². The second kappa shape index (κ2) is 9.15. The van der Waals surface area contributed by atoms with E-state index in [-0.39, 0.29) is 0 Å². The summed E-state index contributed by atoms with van der Waals surface area (Å²) < 4.78 is 33.1. The molecule has 1 aliphatic heterocycles. The van der Waals surface area contributed by atoms with Crippen LogP contribution in [0.2, 0.25) is 0 Å². The highest BCUT2D eigenvalue weighted by Gasteiger charge is 2.29. The zero-order valence-electron chi connectivity index (χ0n) is 17.1. The van der Waals surface area contributed by atoms with Crippen molar-refractivity contribution in [3.05, 3.63) is 52.3 Å². The third-order valence-corrected chi connectivity index (χ3v) is 9.30. The van der Waals surface area contributed by atoms with Crippen LogP contribution in [0, 0.1) is 6.92 Å². The van der Waals surface area contributed by atoms with E-state index in [1.165, 1.54) is 11.3 Å². The summed E-state index contributed by atoms with van der Waals surface area (Å²) in [6.45, 7) is 7.72. The summed E-state index contributed by atoms with van der Waals surface area (Å²) in [5.41, 5.74) is 2.10. The number of rotatable bonds is 7. The standard InChI is InChI=1S/C21H25N3O3S3/c1-3-27-19-7-5-17(6-8-19)21-22-18(15-28-21)14-23-10-12-24(13-11-23)30(25,26)20-9-4-16(2)29-20/h4-9,15H,3,10-14H2,1-2H3. The fourth-order valence-electron chi connectivity index (χ4n) is 3.41. The fourth-order valence-corrected chi connectivity index (χ4v) is 7.08. The van der Waals surface area contributed by atoms with Gasteiger partial charge in [0, 0.05) is 48.5 Å². The van der Waals surface area contributed by atoms with E-state index in [1.54, 1.807) is 21.7 Å². The van der Waals surface area contributed by atoms with Crippen molar-refractivity contribution in [2.75, 3.05) is 32.8 Å². The molecule has 0 amide bonds. The predicted octanol–water partition coefficient (Wildman–Crippen LogP) is 4.09. The first-order valence-electron chi connectivity index (χ1n) is 9.92. The van der Waals surface area contributed by atoms with Crippen LogP contribution < -0.4 is 4.74 Å². The molecule has 0 radical (unpaired) electrons. The van der Waals surface area contributed by atoms with Crippen LogP contribution in [0.25, 0.3) is 10.6 Å². The van der Waals surface area contributed by atoms with E-state index in [2.05, 4.69) is 10.3 Å². The maximum atomic E-state index is 12.8. The Balaban J connectivity index is 1.34. The minimum atomic E-state index is -3.38. The van der Waals surface area contributed by atoms with Crippen molar-refractivity contribution in [3.63, 3.8) is 0 Å². The molecule has 160 valence electrons. The van der Waals surface area contributed by atoms with Crippen LogP contribution in [0.1, 0.15) is 17.5 Å². The lowest BCUT2D eigenvalue weighted by molar-refractivity contribution is 0.180. The molecular formula is C21H25N3O3S3. The summed E-state index contributed by atoms with van der Waals surface area (Å²) in [6, 6.07) is 11.6. The summed E-state index contributed by atoms with van der Waals surface area (Å²) in [5.74, 6) is 0.864. The number of benzene rings is 1. The van der Waals surface area contributed by atoms with Gasteiger partial charge in [-0.25, -0.2) is 13.4 Å². The molecule has 9 heteroatoms.